The predicted molar refractivity (Wildman–Crippen MR) is 137 cm³/mol. The van der Waals surface area contributed by atoms with Gasteiger partial charge in [0, 0.05) is 52.2 Å². The van der Waals surface area contributed by atoms with Gasteiger partial charge in [0.25, 0.3) is 5.91 Å². The summed E-state index contributed by atoms with van der Waals surface area (Å²) in [4.78, 5) is 33.0. The third-order valence-electron chi connectivity index (χ3n) is 5.60. The van der Waals surface area contributed by atoms with Crippen LogP contribution < -0.4 is 15.5 Å². The van der Waals surface area contributed by atoms with Crippen molar-refractivity contribution in [3.05, 3.63) is 42.2 Å². The van der Waals surface area contributed by atoms with E-state index in [4.69, 9.17) is 4.74 Å². The van der Waals surface area contributed by atoms with Gasteiger partial charge in [-0.2, -0.15) is 5.10 Å². The maximum absolute atomic E-state index is 12.7. The number of carbonyl (C=O) groups excluding carboxylic acids is 2. The van der Waals surface area contributed by atoms with Gasteiger partial charge in [0.2, 0.25) is 5.91 Å². The average molecular weight is 567 g/mol. The van der Waals surface area contributed by atoms with E-state index in [0.29, 0.717) is 32.2 Å². The number of halogens is 1. The summed E-state index contributed by atoms with van der Waals surface area (Å²) in [6, 6.07) is 7.68. The fraction of sp³-hybridized carbons (Fsp3) is 0.455. The number of ether oxygens (including phenoxy) is 1. The van der Waals surface area contributed by atoms with Gasteiger partial charge in [0.15, 0.2) is 5.96 Å². The molecule has 11 heteroatoms. The van der Waals surface area contributed by atoms with Crippen LogP contribution in [0.2, 0.25) is 0 Å². The first-order valence-corrected chi connectivity index (χ1v) is 10.8. The zero-order chi connectivity index (χ0) is 22.5. The van der Waals surface area contributed by atoms with Crippen LogP contribution in [0.15, 0.2) is 41.7 Å². The van der Waals surface area contributed by atoms with Crippen molar-refractivity contribution in [1.82, 2.24) is 20.0 Å². The van der Waals surface area contributed by atoms with E-state index in [9.17, 15) is 9.59 Å². The molecule has 2 aliphatic heterocycles. The number of benzene rings is 1. The van der Waals surface area contributed by atoms with E-state index in [2.05, 4.69) is 20.7 Å². The maximum Gasteiger partial charge on any atom is 0.253 e. The van der Waals surface area contributed by atoms with E-state index in [1.807, 2.05) is 42.4 Å². The summed E-state index contributed by atoms with van der Waals surface area (Å²) in [7, 11) is 3.54. The number of nitrogens with zero attached hydrogens (tertiary/aromatic N) is 5. The Morgan fingerprint density at radius 2 is 2.18 bits per heavy atom. The fourth-order valence-electron chi connectivity index (χ4n) is 3.95. The number of carbonyl (C=O) groups is 2. The molecule has 0 radical (unpaired) electrons. The van der Waals surface area contributed by atoms with E-state index >= 15 is 0 Å². The SMILES string of the molecule is CN=C(NCc1cccc(NC(=O)C2CCCO2)c1)N1CCN(c2cnn(C)c2)C(=O)C1.I. The van der Waals surface area contributed by atoms with Crippen molar-refractivity contribution in [2.24, 2.45) is 12.0 Å². The summed E-state index contributed by atoms with van der Waals surface area (Å²) in [5.41, 5.74) is 2.54. The molecule has 0 aliphatic carbocycles. The Balaban J connectivity index is 0.00000306. The van der Waals surface area contributed by atoms with Gasteiger partial charge in [-0.3, -0.25) is 19.3 Å². The first kappa shape index (κ1) is 25.0. The van der Waals surface area contributed by atoms with Gasteiger partial charge in [-0.05, 0) is 30.5 Å². The number of nitrogens with one attached hydrogen (secondary N) is 2. The molecule has 3 heterocycles. The number of piperazine rings is 1. The highest BCUT2D eigenvalue weighted by Gasteiger charge is 2.27. The number of aryl methyl sites for hydroxylation is 1. The molecule has 2 amide bonds. The molecule has 2 aliphatic rings. The minimum absolute atomic E-state index is 0. The number of rotatable bonds is 5. The van der Waals surface area contributed by atoms with Gasteiger partial charge in [0.1, 0.15) is 12.6 Å². The van der Waals surface area contributed by atoms with Gasteiger partial charge in [-0.15, -0.1) is 24.0 Å². The molecular weight excluding hydrogens is 537 g/mol. The van der Waals surface area contributed by atoms with Crippen LogP contribution in [0.25, 0.3) is 0 Å². The van der Waals surface area contributed by atoms with Crippen LogP contribution in [0.3, 0.4) is 0 Å². The molecule has 2 N–H and O–H groups in total. The van der Waals surface area contributed by atoms with Crippen LogP contribution in [0.5, 0.6) is 0 Å². The van der Waals surface area contributed by atoms with Crippen LogP contribution in [-0.4, -0.2) is 71.8 Å². The van der Waals surface area contributed by atoms with Crippen LogP contribution in [0, 0.1) is 0 Å². The lowest BCUT2D eigenvalue weighted by Crippen LogP contribution is -2.55. The Kier molecular flexibility index (Phi) is 8.67. The summed E-state index contributed by atoms with van der Waals surface area (Å²) in [5.74, 6) is 0.567. The highest BCUT2D eigenvalue weighted by Crippen LogP contribution is 2.18. The lowest BCUT2D eigenvalue weighted by Gasteiger charge is -2.35. The third-order valence-corrected chi connectivity index (χ3v) is 5.60. The largest absolute Gasteiger partial charge is 0.368 e. The Hall–Kier alpha value is -2.67. The van der Waals surface area contributed by atoms with Crippen molar-refractivity contribution in [1.29, 1.82) is 0 Å². The van der Waals surface area contributed by atoms with Crippen LogP contribution >= 0.6 is 24.0 Å². The van der Waals surface area contributed by atoms with Gasteiger partial charge in [-0.25, -0.2) is 0 Å². The minimum atomic E-state index is -0.363. The molecule has 0 saturated carbocycles. The second-order valence-corrected chi connectivity index (χ2v) is 7.93. The third kappa shape index (κ3) is 6.22. The molecule has 178 valence electrons. The van der Waals surface area contributed by atoms with E-state index in [1.54, 1.807) is 22.8 Å². The molecule has 1 aromatic heterocycles. The lowest BCUT2D eigenvalue weighted by molar-refractivity contribution is -0.124. The number of hydrogen-bond donors (Lipinski definition) is 2. The smallest absolute Gasteiger partial charge is 0.253 e. The average Bonchev–Trinajstić information content (AvgIpc) is 3.47. The minimum Gasteiger partial charge on any atom is -0.368 e. The highest BCUT2D eigenvalue weighted by molar-refractivity contribution is 14.0. The lowest BCUT2D eigenvalue weighted by atomic mass is 10.2. The molecule has 33 heavy (non-hydrogen) atoms. The standard InChI is InChI=1S/C22H29N7O3.HI/c1-23-22(28-8-9-29(20(30)15-28)18-13-25-27(2)14-18)24-12-16-5-3-6-17(11-16)26-21(31)19-7-4-10-32-19;/h3,5-6,11,13-14,19H,4,7-10,12,15H2,1-2H3,(H,23,24)(H,26,31);1H. The van der Waals surface area contributed by atoms with Crippen molar-refractivity contribution in [3.8, 4) is 0 Å². The number of hydrogen-bond acceptors (Lipinski definition) is 5. The Bertz CT molecular complexity index is 1000. The molecule has 10 nitrogen and oxygen atoms in total. The zero-order valence-corrected chi connectivity index (χ0v) is 21.2. The van der Waals surface area contributed by atoms with Crippen LogP contribution in [0.4, 0.5) is 11.4 Å². The summed E-state index contributed by atoms with van der Waals surface area (Å²) in [5, 5.41) is 10.4. The van der Waals surface area contributed by atoms with Crippen LogP contribution in [-0.2, 0) is 27.9 Å². The van der Waals surface area contributed by atoms with E-state index in [1.165, 1.54) is 0 Å². The number of amides is 2. The Labute approximate surface area is 210 Å². The van der Waals surface area contributed by atoms with Crippen molar-refractivity contribution in [2.45, 2.75) is 25.5 Å². The summed E-state index contributed by atoms with van der Waals surface area (Å²) >= 11 is 0. The van der Waals surface area contributed by atoms with E-state index in [0.717, 1.165) is 29.8 Å². The summed E-state index contributed by atoms with van der Waals surface area (Å²) in [6.45, 7) is 2.63. The van der Waals surface area contributed by atoms with Gasteiger partial charge < -0.3 is 25.2 Å². The highest BCUT2D eigenvalue weighted by atomic mass is 127. The second kappa shape index (κ2) is 11.5. The molecule has 0 bridgehead atoms. The number of guanidine groups is 1. The van der Waals surface area contributed by atoms with Crippen LogP contribution in [0.1, 0.15) is 18.4 Å². The molecular formula is C22H30IN7O3. The van der Waals surface area contributed by atoms with Gasteiger partial charge in [-0.1, -0.05) is 12.1 Å². The van der Waals surface area contributed by atoms with Crippen molar-refractivity contribution in [2.75, 3.05) is 43.5 Å². The molecule has 4 rings (SSSR count). The summed E-state index contributed by atoms with van der Waals surface area (Å²) in [6.07, 6.45) is 4.85. The van der Waals surface area contributed by atoms with E-state index in [-0.39, 0.29) is 48.4 Å². The van der Waals surface area contributed by atoms with E-state index < -0.39 is 0 Å². The Morgan fingerprint density at radius 1 is 1.33 bits per heavy atom. The molecule has 1 unspecified atom stereocenters. The topological polar surface area (TPSA) is 104 Å². The first-order valence-electron chi connectivity index (χ1n) is 10.8. The van der Waals surface area contributed by atoms with Crippen molar-refractivity contribution in [3.63, 3.8) is 0 Å². The van der Waals surface area contributed by atoms with Crippen molar-refractivity contribution < 1.29 is 14.3 Å². The number of aromatic nitrogens is 2. The number of anilines is 2. The monoisotopic (exact) mass is 567 g/mol. The second-order valence-electron chi connectivity index (χ2n) is 7.93. The molecule has 2 saturated heterocycles. The molecule has 2 aromatic rings. The van der Waals surface area contributed by atoms with Crippen molar-refractivity contribution >= 4 is 53.1 Å². The van der Waals surface area contributed by atoms with Gasteiger partial charge in [0.05, 0.1) is 11.9 Å². The fourth-order valence-corrected chi connectivity index (χ4v) is 3.95. The quantitative estimate of drug-likeness (QED) is 0.323. The molecule has 0 spiro atoms. The molecule has 1 aromatic carbocycles. The zero-order valence-electron chi connectivity index (χ0n) is 18.9. The first-order chi connectivity index (χ1) is 15.5. The molecule has 2 fully saturated rings. The summed E-state index contributed by atoms with van der Waals surface area (Å²) < 4.78 is 7.13. The van der Waals surface area contributed by atoms with Gasteiger partial charge >= 0.3 is 0 Å². The maximum atomic E-state index is 12.7. The Morgan fingerprint density at radius 3 is 2.85 bits per heavy atom. The normalized spacial score (nSPS) is 18.8. The number of aliphatic imine (C=N–C) groups is 1. The predicted octanol–water partition coefficient (Wildman–Crippen LogP) is 1.58. The molecule has 1 atom stereocenters.